The molecule has 2 aromatic carbocycles. The van der Waals surface area contributed by atoms with Crippen LogP contribution < -0.4 is 20.6 Å². The summed E-state index contributed by atoms with van der Waals surface area (Å²) in [5.74, 6) is 0.570. The van der Waals surface area contributed by atoms with E-state index in [0.717, 1.165) is 41.1 Å². The fraction of sp³-hybridized carbons (Fsp3) is 0.300. The Morgan fingerprint density at radius 1 is 1.14 bits per heavy atom. The predicted octanol–water partition coefficient (Wildman–Crippen LogP) is 1.63. The fourth-order valence-electron chi connectivity index (χ4n) is 3.36. The van der Waals surface area contributed by atoms with Gasteiger partial charge in [0.15, 0.2) is 0 Å². The number of carbonyl (C=O) groups is 1. The van der Waals surface area contributed by atoms with Crippen molar-refractivity contribution in [2.24, 2.45) is 0 Å². The largest absolute Gasteiger partial charge is 0.495 e. The molecule has 4 rings (SSSR count). The van der Waals surface area contributed by atoms with E-state index in [2.05, 4.69) is 20.2 Å². The summed E-state index contributed by atoms with van der Waals surface area (Å²) >= 11 is 0. The number of methoxy groups -OCH3 is 1. The molecule has 0 atom stereocenters. The van der Waals surface area contributed by atoms with Gasteiger partial charge in [0.05, 0.1) is 37.0 Å². The molecule has 0 bridgehead atoms. The number of amides is 1. The third-order valence-corrected chi connectivity index (χ3v) is 4.83. The highest BCUT2D eigenvalue weighted by atomic mass is 16.5. The summed E-state index contributed by atoms with van der Waals surface area (Å²) in [6.07, 6.45) is 0. The minimum absolute atomic E-state index is 0.167. The zero-order chi connectivity index (χ0) is 19.5. The van der Waals surface area contributed by atoms with Gasteiger partial charge in [-0.3, -0.25) is 4.79 Å². The van der Waals surface area contributed by atoms with E-state index in [1.807, 2.05) is 30.3 Å². The number of aromatic nitrogens is 2. The van der Waals surface area contributed by atoms with Crippen LogP contribution in [0.4, 0.5) is 5.69 Å². The van der Waals surface area contributed by atoms with E-state index in [4.69, 9.17) is 9.47 Å². The maximum atomic E-state index is 12.7. The van der Waals surface area contributed by atoms with Crippen LogP contribution in [0.25, 0.3) is 11.0 Å². The number of morpholine rings is 1. The SMILES string of the molecule is COc1ccc(C(=O)NCc2ccc3[nH]c(=O)[nH]c3c2)cc1N1CCOCC1. The van der Waals surface area contributed by atoms with Gasteiger partial charge >= 0.3 is 5.69 Å². The number of nitrogens with one attached hydrogen (secondary N) is 3. The second-order valence-electron chi connectivity index (χ2n) is 6.63. The zero-order valence-electron chi connectivity index (χ0n) is 15.6. The van der Waals surface area contributed by atoms with E-state index in [9.17, 15) is 9.59 Å². The highest BCUT2D eigenvalue weighted by molar-refractivity contribution is 5.95. The predicted molar refractivity (Wildman–Crippen MR) is 106 cm³/mol. The van der Waals surface area contributed by atoms with Crippen LogP contribution in [-0.2, 0) is 11.3 Å². The first-order valence-corrected chi connectivity index (χ1v) is 9.14. The first-order valence-electron chi connectivity index (χ1n) is 9.14. The molecule has 0 radical (unpaired) electrons. The van der Waals surface area contributed by atoms with Crippen molar-refractivity contribution in [3.8, 4) is 5.75 Å². The number of anilines is 1. The number of hydrogen-bond acceptors (Lipinski definition) is 5. The molecule has 146 valence electrons. The molecular formula is C20H22N4O4. The molecule has 8 heteroatoms. The number of rotatable bonds is 5. The van der Waals surface area contributed by atoms with E-state index in [0.29, 0.717) is 25.3 Å². The maximum absolute atomic E-state index is 12.7. The molecule has 3 N–H and O–H groups in total. The van der Waals surface area contributed by atoms with Crippen LogP contribution in [-0.4, -0.2) is 49.3 Å². The van der Waals surface area contributed by atoms with Crippen LogP contribution >= 0.6 is 0 Å². The van der Waals surface area contributed by atoms with Crippen LogP contribution in [0.5, 0.6) is 5.75 Å². The molecule has 1 aliphatic heterocycles. The van der Waals surface area contributed by atoms with Gasteiger partial charge in [0.25, 0.3) is 5.91 Å². The number of carbonyl (C=O) groups excluding carboxylic acids is 1. The molecular weight excluding hydrogens is 360 g/mol. The maximum Gasteiger partial charge on any atom is 0.323 e. The highest BCUT2D eigenvalue weighted by Crippen LogP contribution is 2.30. The molecule has 28 heavy (non-hydrogen) atoms. The van der Waals surface area contributed by atoms with E-state index in [1.165, 1.54) is 0 Å². The van der Waals surface area contributed by atoms with Crippen molar-refractivity contribution in [1.29, 1.82) is 0 Å². The van der Waals surface area contributed by atoms with Crippen molar-refractivity contribution in [3.63, 3.8) is 0 Å². The Morgan fingerprint density at radius 3 is 2.71 bits per heavy atom. The van der Waals surface area contributed by atoms with Crippen molar-refractivity contribution >= 4 is 22.6 Å². The first kappa shape index (κ1) is 18.1. The molecule has 8 nitrogen and oxygen atoms in total. The summed E-state index contributed by atoms with van der Waals surface area (Å²) in [5.41, 5.74) is 3.58. The Morgan fingerprint density at radius 2 is 1.93 bits per heavy atom. The summed E-state index contributed by atoms with van der Waals surface area (Å²) in [7, 11) is 1.63. The van der Waals surface area contributed by atoms with Gasteiger partial charge in [0, 0.05) is 25.2 Å². The van der Waals surface area contributed by atoms with Crippen LogP contribution in [0.2, 0.25) is 0 Å². The molecule has 1 saturated heterocycles. The third kappa shape index (κ3) is 3.72. The lowest BCUT2D eigenvalue weighted by Crippen LogP contribution is -2.36. The van der Waals surface area contributed by atoms with Crippen LogP contribution in [0.15, 0.2) is 41.2 Å². The van der Waals surface area contributed by atoms with E-state index in [1.54, 1.807) is 13.2 Å². The molecule has 0 spiro atoms. The smallest absolute Gasteiger partial charge is 0.323 e. The van der Waals surface area contributed by atoms with E-state index < -0.39 is 0 Å². The number of H-pyrrole nitrogens is 2. The minimum Gasteiger partial charge on any atom is -0.495 e. The van der Waals surface area contributed by atoms with Gasteiger partial charge in [-0.15, -0.1) is 0 Å². The second kappa shape index (κ2) is 7.77. The molecule has 3 aromatic rings. The normalized spacial score (nSPS) is 14.2. The monoisotopic (exact) mass is 382 g/mol. The molecule has 1 fully saturated rings. The van der Waals surface area contributed by atoms with Gasteiger partial charge < -0.3 is 29.7 Å². The van der Waals surface area contributed by atoms with Crippen LogP contribution in [0.3, 0.4) is 0 Å². The number of benzene rings is 2. The van der Waals surface area contributed by atoms with Crippen LogP contribution in [0.1, 0.15) is 15.9 Å². The number of ether oxygens (including phenoxy) is 2. The Balaban J connectivity index is 1.49. The van der Waals surface area contributed by atoms with E-state index >= 15 is 0 Å². The van der Waals surface area contributed by atoms with E-state index in [-0.39, 0.29) is 11.6 Å². The topological polar surface area (TPSA) is 99.4 Å². The third-order valence-electron chi connectivity index (χ3n) is 4.83. The fourth-order valence-corrected chi connectivity index (χ4v) is 3.36. The zero-order valence-corrected chi connectivity index (χ0v) is 15.6. The number of fused-ring (bicyclic) bond motifs is 1. The summed E-state index contributed by atoms with van der Waals surface area (Å²) < 4.78 is 10.9. The van der Waals surface area contributed by atoms with Crippen LogP contribution in [0, 0.1) is 0 Å². The summed E-state index contributed by atoms with van der Waals surface area (Å²) in [4.78, 5) is 31.6. The Kier molecular flexibility index (Phi) is 5.03. The summed E-state index contributed by atoms with van der Waals surface area (Å²) in [6, 6.07) is 11.0. The lowest BCUT2D eigenvalue weighted by atomic mass is 10.1. The standard InChI is InChI=1S/C20H22N4O4/c1-27-18-5-3-14(11-17(18)24-6-8-28-9-7-24)19(25)21-12-13-2-4-15-16(10-13)23-20(26)22-15/h2-5,10-11H,6-9,12H2,1H3,(H,21,25)(H2,22,23,26). The molecule has 0 aliphatic carbocycles. The Hall–Kier alpha value is -3.26. The van der Waals surface area contributed by atoms with Gasteiger partial charge in [0.1, 0.15) is 5.75 Å². The van der Waals surface area contributed by atoms with Crippen molar-refractivity contribution in [2.75, 3.05) is 38.3 Å². The van der Waals surface area contributed by atoms with Gasteiger partial charge in [-0.1, -0.05) is 6.07 Å². The van der Waals surface area contributed by atoms with Gasteiger partial charge in [-0.25, -0.2) is 4.79 Å². The average Bonchev–Trinajstić information content (AvgIpc) is 3.11. The lowest BCUT2D eigenvalue weighted by molar-refractivity contribution is 0.0951. The molecule has 0 saturated carbocycles. The Bertz CT molecular complexity index is 1050. The second-order valence-corrected chi connectivity index (χ2v) is 6.63. The van der Waals surface area contributed by atoms with Crippen molar-refractivity contribution in [2.45, 2.75) is 6.54 Å². The van der Waals surface area contributed by atoms with Gasteiger partial charge in [0.2, 0.25) is 0 Å². The van der Waals surface area contributed by atoms with Crippen molar-refractivity contribution < 1.29 is 14.3 Å². The van der Waals surface area contributed by atoms with Gasteiger partial charge in [-0.05, 0) is 35.9 Å². The summed E-state index contributed by atoms with van der Waals surface area (Å²) in [6.45, 7) is 3.19. The number of nitrogens with zero attached hydrogens (tertiary/aromatic N) is 1. The minimum atomic E-state index is -0.245. The first-order chi connectivity index (χ1) is 13.6. The molecule has 1 aromatic heterocycles. The summed E-state index contributed by atoms with van der Waals surface area (Å²) in [5, 5.41) is 2.93. The van der Waals surface area contributed by atoms with Gasteiger partial charge in [-0.2, -0.15) is 0 Å². The molecule has 1 aliphatic rings. The van der Waals surface area contributed by atoms with Crippen molar-refractivity contribution in [1.82, 2.24) is 15.3 Å². The number of aromatic amines is 2. The number of imidazole rings is 1. The average molecular weight is 382 g/mol. The highest BCUT2D eigenvalue weighted by Gasteiger charge is 2.18. The van der Waals surface area contributed by atoms with Crippen molar-refractivity contribution in [3.05, 3.63) is 58.0 Å². The quantitative estimate of drug-likeness (QED) is 0.623. The molecule has 0 unspecified atom stereocenters. The molecule has 1 amide bonds. The molecule has 2 heterocycles. The number of hydrogen-bond donors (Lipinski definition) is 3. The lowest BCUT2D eigenvalue weighted by Gasteiger charge is -2.30. The Labute approximate surface area is 161 Å².